The van der Waals surface area contributed by atoms with Crippen LogP contribution in [0.15, 0.2) is 97.1 Å². The van der Waals surface area contributed by atoms with Gasteiger partial charge in [-0.1, -0.05) is 84.9 Å². The van der Waals surface area contributed by atoms with Crippen LogP contribution < -0.4 is 5.73 Å². The van der Waals surface area contributed by atoms with Crippen molar-refractivity contribution in [1.82, 2.24) is 0 Å². The topological polar surface area (TPSA) is 69.2 Å². The Balaban J connectivity index is 0.000000172. The molecule has 0 heterocycles. The highest BCUT2D eigenvalue weighted by atomic mass is 16.6. The lowest BCUT2D eigenvalue weighted by Crippen LogP contribution is -1.91. The van der Waals surface area contributed by atoms with Gasteiger partial charge < -0.3 is 5.73 Å². The Morgan fingerprint density at radius 3 is 1.57 bits per heavy atom. The first-order valence-corrected chi connectivity index (χ1v) is 9.67. The third-order valence-electron chi connectivity index (χ3n) is 4.90. The van der Waals surface area contributed by atoms with Crippen molar-refractivity contribution in [2.24, 2.45) is 0 Å². The first-order valence-electron chi connectivity index (χ1n) is 9.67. The van der Waals surface area contributed by atoms with Crippen LogP contribution in [0, 0.1) is 24.0 Å². The third kappa shape index (κ3) is 5.11. The minimum absolute atomic E-state index is 0.168. The fourth-order valence-corrected chi connectivity index (χ4v) is 3.07. The summed E-state index contributed by atoms with van der Waals surface area (Å²) < 4.78 is 0. The Hall–Kier alpha value is -3.92. The number of anilines is 1. The molecule has 0 unspecified atom stereocenters. The molecule has 0 aliphatic carbocycles. The smallest absolute Gasteiger partial charge is 0.272 e. The van der Waals surface area contributed by atoms with E-state index < -0.39 is 0 Å². The fraction of sp³-hybridized carbons (Fsp3) is 0.0769. The maximum atomic E-state index is 10.8. The molecular weight excluding hydrogens is 372 g/mol. The summed E-state index contributed by atoms with van der Waals surface area (Å²) in [5.41, 5.74) is 12.9. The molecule has 0 fully saturated rings. The quantitative estimate of drug-likeness (QED) is 0.235. The minimum atomic E-state index is -0.345. The molecule has 0 bridgehead atoms. The lowest BCUT2D eigenvalue weighted by molar-refractivity contribution is -0.385. The van der Waals surface area contributed by atoms with E-state index in [2.05, 4.69) is 24.3 Å². The summed E-state index contributed by atoms with van der Waals surface area (Å²) >= 11 is 0. The van der Waals surface area contributed by atoms with Gasteiger partial charge in [0.2, 0.25) is 0 Å². The Labute approximate surface area is 176 Å². The zero-order valence-corrected chi connectivity index (χ0v) is 17.1. The van der Waals surface area contributed by atoms with Gasteiger partial charge in [-0.2, -0.15) is 0 Å². The molecule has 4 nitrogen and oxygen atoms in total. The lowest BCUT2D eigenvalue weighted by Gasteiger charge is -2.04. The third-order valence-corrected chi connectivity index (χ3v) is 4.90. The number of nitrogens with zero attached hydrogens (tertiary/aromatic N) is 1. The van der Waals surface area contributed by atoms with E-state index in [-0.39, 0.29) is 10.6 Å². The van der Waals surface area contributed by atoms with Gasteiger partial charge >= 0.3 is 0 Å². The fourth-order valence-electron chi connectivity index (χ4n) is 3.07. The van der Waals surface area contributed by atoms with Crippen LogP contribution in [0.5, 0.6) is 0 Å². The van der Waals surface area contributed by atoms with Crippen molar-refractivity contribution in [1.29, 1.82) is 0 Å². The predicted octanol–water partition coefficient (Wildman–Crippen LogP) is 6.81. The molecule has 0 saturated carbocycles. The summed E-state index contributed by atoms with van der Waals surface area (Å²) in [7, 11) is 0. The molecule has 0 amide bonds. The molecule has 0 spiro atoms. The van der Waals surface area contributed by atoms with Crippen LogP contribution in [0.4, 0.5) is 11.4 Å². The molecule has 0 atom stereocenters. The molecule has 4 aromatic carbocycles. The van der Waals surface area contributed by atoms with Crippen LogP contribution in [0.1, 0.15) is 11.1 Å². The van der Waals surface area contributed by atoms with Crippen LogP contribution in [0.25, 0.3) is 22.3 Å². The molecule has 0 aromatic heterocycles. The van der Waals surface area contributed by atoms with Gasteiger partial charge in [0.25, 0.3) is 5.69 Å². The number of nitrogen functional groups attached to an aromatic ring is 1. The number of nitro benzene ring substituents is 1. The van der Waals surface area contributed by atoms with Crippen molar-refractivity contribution < 1.29 is 4.92 Å². The maximum absolute atomic E-state index is 10.8. The van der Waals surface area contributed by atoms with Crippen LogP contribution in [-0.4, -0.2) is 4.92 Å². The van der Waals surface area contributed by atoms with E-state index in [0.717, 1.165) is 22.4 Å². The van der Waals surface area contributed by atoms with Crippen LogP contribution >= 0.6 is 0 Å². The molecule has 0 aliphatic rings. The van der Waals surface area contributed by atoms with Gasteiger partial charge in [-0.3, -0.25) is 10.1 Å². The first-order chi connectivity index (χ1) is 14.5. The molecular formula is C26H24N2O2. The highest BCUT2D eigenvalue weighted by Gasteiger charge is 2.11. The summed E-state index contributed by atoms with van der Waals surface area (Å²) in [6.45, 7) is 3.76. The molecule has 0 saturated heterocycles. The average molecular weight is 396 g/mol. The van der Waals surface area contributed by atoms with Crippen molar-refractivity contribution in [2.75, 3.05) is 5.73 Å². The van der Waals surface area contributed by atoms with Crippen LogP contribution in [0.2, 0.25) is 0 Å². The molecule has 4 rings (SSSR count). The summed E-state index contributed by atoms with van der Waals surface area (Å²) in [5.74, 6) is 0. The SMILES string of the molecule is Cc1ccc(-c2ccccc2)cc1N.Cc1ccc(-c2ccccc2)cc1[N+](=O)[O-]. The van der Waals surface area contributed by atoms with Crippen molar-refractivity contribution in [3.63, 3.8) is 0 Å². The highest BCUT2D eigenvalue weighted by molar-refractivity contribution is 5.69. The zero-order chi connectivity index (χ0) is 21.5. The van der Waals surface area contributed by atoms with Crippen molar-refractivity contribution in [3.05, 3.63) is 118 Å². The average Bonchev–Trinajstić information content (AvgIpc) is 2.77. The van der Waals surface area contributed by atoms with E-state index >= 15 is 0 Å². The van der Waals surface area contributed by atoms with Gasteiger partial charge in [0.15, 0.2) is 0 Å². The Bertz CT molecular complexity index is 1140. The van der Waals surface area contributed by atoms with E-state index in [4.69, 9.17) is 5.73 Å². The summed E-state index contributed by atoms with van der Waals surface area (Å²) in [5, 5.41) is 10.8. The molecule has 30 heavy (non-hydrogen) atoms. The van der Waals surface area contributed by atoms with E-state index in [1.807, 2.05) is 67.6 Å². The lowest BCUT2D eigenvalue weighted by atomic mass is 10.0. The molecule has 0 radical (unpaired) electrons. The predicted molar refractivity (Wildman–Crippen MR) is 124 cm³/mol. The van der Waals surface area contributed by atoms with Gasteiger partial charge in [-0.25, -0.2) is 0 Å². The molecule has 4 heteroatoms. The van der Waals surface area contributed by atoms with E-state index in [9.17, 15) is 10.1 Å². The first kappa shape index (κ1) is 20.8. The monoisotopic (exact) mass is 396 g/mol. The molecule has 2 N–H and O–H groups in total. The summed E-state index contributed by atoms with van der Waals surface area (Å²) in [6.07, 6.45) is 0. The number of rotatable bonds is 3. The molecule has 4 aromatic rings. The number of nitro groups is 1. The Morgan fingerprint density at radius 1 is 0.633 bits per heavy atom. The van der Waals surface area contributed by atoms with E-state index in [1.54, 1.807) is 19.1 Å². The number of hydrogen-bond donors (Lipinski definition) is 1. The highest BCUT2D eigenvalue weighted by Crippen LogP contribution is 2.26. The van der Waals surface area contributed by atoms with E-state index in [0.29, 0.717) is 5.56 Å². The largest absolute Gasteiger partial charge is 0.398 e. The number of benzene rings is 4. The second-order valence-corrected chi connectivity index (χ2v) is 7.06. The van der Waals surface area contributed by atoms with Crippen LogP contribution in [0.3, 0.4) is 0 Å². The van der Waals surface area contributed by atoms with Crippen molar-refractivity contribution >= 4 is 11.4 Å². The van der Waals surface area contributed by atoms with Gasteiger partial charge in [0, 0.05) is 17.3 Å². The number of hydrogen-bond acceptors (Lipinski definition) is 3. The second kappa shape index (κ2) is 9.52. The van der Waals surface area contributed by atoms with Crippen molar-refractivity contribution in [3.8, 4) is 22.3 Å². The summed E-state index contributed by atoms with van der Waals surface area (Å²) in [6, 6.07) is 31.4. The number of nitrogens with two attached hydrogens (primary N) is 1. The van der Waals surface area contributed by atoms with Gasteiger partial charge in [-0.05, 0) is 47.7 Å². The standard InChI is InChI=1S/C13H11NO2.C13H13N/c1-10-7-8-12(9-13(10)14(15)16)11-5-3-2-4-6-11;1-10-7-8-12(9-13(10)14)11-5-3-2-4-6-11/h2-9H,1H3;2-9H,14H2,1H3. The molecule has 0 aliphatic heterocycles. The van der Waals surface area contributed by atoms with Crippen molar-refractivity contribution in [2.45, 2.75) is 13.8 Å². The number of aryl methyl sites for hydroxylation is 2. The van der Waals surface area contributed by atoms with Gasteiger partial charge in [0.05, 0.1) is 4.92 Å². The van der Waals surface area contributed by atoms with E-state index in [1.165, 1.54) is 11.1 Å². The van der Waals surface area contributed by atoms with Gasteiger partial charge in [-0.15, -0.1) is 0 Å². The Kier molecular flexibility index (Phi) is 6.60. The maximum Gasteiger partial charge on any atom is 0.272 e. The zero-order valence-electron chi connectivity index (χ0n) is 17.1. The Morgan fingerprint density at radius 2 is 1.10 bits per heavy atom. The van der Waals surface area contributed by atoms with Crippen LogP contribution in [-0.2, 0) is 0 Å². The summed E-state index contributed by atoms with van der Waals surface area (Å²) in [4.78, 5) is 10.5. The normalized spacial score (nSPS) is 10.1. The second-order valence-electron chi connectivity index (χ2n) is 7.06. The van der Waals surface area contributed by atoms with Gasteiger partial charge in [0.1, 0.15) is 0 Å². The minimum Gasteiger partial charge on any atom is -0.398 e. The molecule has 150 valence electrons.